The summed E-state index contributed by atoms with van der Waals surface area (Å²) in [5, 5.41) is 37.2. The van der Waals surface area contributed by atoms with Crippen molar-refractivity contribution in [2.24, 2.45) is 5.92 Å². The number of nitrogens with zero attached hydrogens (tertiary/aromatic N) is 3. The van der Waals surface area contributed by atoms with Crippen LogP contribution in [-0.4, -0.2) is 62.2 Å². The number of aromatic nitrogens is 3. The SMILES string of the molecule is CCc1cc2cc(-c3c(C)nc(NC)nc3NC3CC(CO)C(O)C3O)oc2cn1. The molecule has 30 heavy (non-hydrogen) atoms. The molecule has 160 valence electrons. The molecule has 0 amide bonds. The van der Waals surface area contributed by atoms with Gasteiger partial charge in [-0.25, -0.2) is 4.98 Å². The molecule has 3 aromatic rings. The largest absolute Gasteiger partial charge is 0.454 e. The smallest absolute Gasteiger partial charge is 0.224 e. The predicted octanol–water partition coefficient (Wildman–Crippen LogP) is 1.71. The van der Waals surface area contributed by atoms with E-state index in [2.05, 4.69) is 25.6 Å². The lowest BCUT2D eigenvalue weighted by molar-refractivity contribution is 0.00446. The number of rotatable bonds is 6. The molecule has 0 bridgehead atoms. The van der Waals surface area contributed by atoms with Crippen molar-refractivity contribution >= 4 is 22.7 Å². The molecule has 0 saturated heterocycles. The van der Waals surface area contributed by atoms with Gasteiger partial charge in [0.2, 0.25) is 5.95 Å². The topological polar surface area (TPSA) is 137 Å². The second kappa shape index (κ2) is 8.17. The normalized spacial score (nSPS) is 23.8. The molecule has 0 spiro atoms. The van der Waals surface area contributed by atoms with E-state index in [1.165, 1.54) is 0 Å². The van der Waals surface area contributed by atoms with Crippen LogP contribution in [0.15, 0.2) is 22.7 Å². The van der Waals surface area contributed by atoms with E-state index in [1.807, 2.05) is 26.0 Å². The molecular formula is C21H27N5O4. The van der Waals surface area contributed by atoms with Gasteiger partial charge in [0.15, 0.2) is 5.58 Å². The molecule has 5 N–H and O–H groups in total. The van der Waals surface area contributed by atoms with Crippen LogP contribution in [0.5, 0.6) is 0 Å². The van der Waals surface area contributed by atoms with Gasteiger partial charge >= 0.3 is 0 Å². The number of aliphatic hydroxyl groups is 3. The van der Waals surface area contributed by atoms with Crippen molar-refractivity contribution in [1.82, 2.24) is 15.0 Å². The highest BCUT2D eigenvalue weighted by Crippen LogP contribution is 2.37. The van der Waals surface area contributed by atoms with Crippen molar-refractivity contribution < 1.29 is 19.7 Å². The fourth-order valence-electron chi connectivity index (χ4n) is 4.02. The maximum Gasteiger partial charge on any atom is 0.224 e. The van der Waals surface area contributed by atoms with Gasteiger partial charge in [-0.1, -0.05) is 6.92 Å². The summed E-state index contributed by atoms with van der Waals surface area (Å²) in [5.41, 5.74) is 3.02. The number of pyridine rings is 1. The van der Waals surface area contributed by atoms with E-state index in [-0.39, 0.29) is 6.61 Å². The number of nitrogens with one attached hydrogen (secondary N) is 2. The van der Waals surface area contributed by atoms with Gasteiger partial charge in [0.1, 0.15) is 17.7 Å². The van der Waals surface area contributed by atoms with E-state index in [0.717, 1.165) is 17.5 Å². The highest BCUT2D eigenvalue weighted by atomic mass is 16.3. The van der Waals surface area contributed by atoms with Gasteiger partial charge in [0.05, 0.1) is 29.6 Å². The fourth-order valence-corrected chi connectivity index (χ4v) is 4.02. The highest BCUT2D eigenvalue weighted by Gasteiger charge is 2.41. The van der Waals surface area contributed by atoms with Crippen LogP contribution in [0.25, 0.3) is 22.3 Å². The predicted molar refractivity (Wildman–Crippen MR) is 113 cm³/mol. The molecule has 4 rings (SSSR count). The van der Waals surface area contributed by atoms with Crippen molar-refractivity contribution in [3.05, 3.63) is 29.7 Å². The number of fused-ring (bicyclic) bond motifs is 1. The monoisotopic (exact) mass is 413 g/mol. The number of furan rings is 1. The second-order valence-electron chi connectivity index (χ2n) is 7.69. The second-order valence-corrected chi connectivity index (χ2v) is 7.69. The highest BCUT2D eigenvalue weighted by molar-refractivity contribution is 5.86. The Hall–Kier alpha value is -2.75. The number of anilines is 2. The first-order chi connectivity index (χ1) is 14.4. The Morgan fingerprint density at radius 2 is 2.00 bits per heavy atom. The first kappa shape index (κ1) is 20.5. The Morgan fingerprint density at radius 3 is 2.67 bits per heavy atom. The number of aliphatic hydroxyl groups excluding tert-OH is 3. The van der Waals surface area contributed by atoms with E-state index in [0.29, 0.717) is 40.8 Å². The van der Waals surface area contributed by atoms with Crippen LogP contribution in [0.1, 0.15) is 24.7 Å². The summed E-state index contributed by atoms with van der Waals surface area (Å²) >= 11 is 0. The molecule has 0 radical (unpaired) electrons. The van der Waals surface area contributed by atoms with Crippen molar-refractivity contribution in [1.29, 1.82) is 0 Å². The van der Waals surface area contributed by atoms with Crippen LogP contribution in [0.2, 0.25) is 0 Å². The minimum absolute atomic E-state index is 0.190. The van der Waals surface area contributed by atoms with Crippen molar-refractivity contribution in [3.63, 3.8) is 0 Å². The fraction of sp³-hybridized carbons (Fsp3) is 0.476. The number of hydrogen-bond acceptors (Lipinski definition) is 9. The molecule has 4 unspecified atom stereocenters. The molecule has 3 aromatic heterocycles. The van der Waals surface area contributed by atoms with E-state index in [9.17, 15) is 15.3 Å². The zero-order valence-corrected chi connectivity index (χ0v) is 17.3. The molecule has 1 fully saturated rings. The Bertz CT molecular complexity index is 1050. The van der Waals surface area contributed by atoms with Crippen molar-refractivity contribution in [3.8, 4) is 11.3 Å². The molecule has 0 aromatic carbocycles. The third-order valence-corrected chi connectivity index (χ3v) is 5.74. The minimum Gasteiger partial charge on any atom is -0.454 e. The summed E-state index contributed by atoms with van der Waals surface area (Å²) in [4.78, 5) is 13.4. The van der Waals surface area contributed by atoms with Gasteiger partial charge in [0.25, 0.3) is 0 Å². The Labute approximate surface area is 174 Å². The van der Waals surface area contributed by atoms with Gasteiger partial charge in [-0.15, -0.1) is 0 Å². The van der Waals surface area contributed by atoms with E-state index in [4.69, 9.17) is 4.42 Å². The van der Waals surface area contributed by atoms with Crippen LogP contribution >= 0.6 is 0 Å². The molecule has 3 heterocycles. The van der Waals surface area contributed by atoms with Crippen LogP contribution in [-0.2, 0) is 6.42 Å². The average molecular weight is 413 g/mol. The van der Waals surface area contributed by atoms with Gasteiger partial charge in [-0.05, 0) is 31.9 Å². The van der Waals surface area contributed by atoms with Crippen LogP contribution in [0, 0.1) is 12.8 Å². The Morgan fingerprint density at radius 1 is 1.20 bits per heavy atom. The molecule has 0 aliphatic heterocycles. The van der Waals surface area contributed by atoms with E-state index in [1.54, 1.807) is 13.2 Å². The third-order valence-electron chi connectivity index (χ3n) is 5.74. The van der Waals surface area contributed by atoms with Crippen LogP contribution < -0.4 is 10.6 Å². The summed E-state index contributed by atoms with van der Waals surface area (Å²) in [6.07, 6.45) is 0.949. The summed E-state index contributed by atoms with van der Waals surface area (Å²) < 4.78 is 6.05. The summed E-state index contributed by atoms with van der Waals surface area (Å²) in [6.45, 7) is 3.72. The minimum atomic E-state index is -1.02. The van der Waals surface area contributed by atoms with Crippen LogP contribution in [0.3, 0.4) is 0 Å². The van der Waals surface area contributed by atoms with E-state index < -0.39 is 24.2 Å². The lowest BCUT2D eigenvalue weighted by Crippen LogP contribution is -2.35. The lowest BCUT2D eigenvalue weighted by atomic mass is 10.1. The molecule has 1 aliphatic carbocycles. The van der Waals surface area contributed by atoms with E-state index >= 15 is 0 Å². The lowest BCUT2D eigenvalue weighted by Gasteiger charge is -2.21. The summed E-state index contributed by atoms with van der Waals surface area (Å²) in [7, 11) is 1.73. The zero-order chi connectivity index (χ0) is 21.4. The summed E-state index contributed by atoms with van der Waals surface area (Å²) in [6, 6.07) is 3.46. The quantitative estimate of drug-likeness (QED) is 0.409. The standard InChI is InChI=1S/C21H27N5O4/c1-4-13-5-11-7-15(30-16(11)8-23-13)17-10(2)24-21(22-3)26-20(17)25-14-6-12(9-27)18(28)19(14)29/h5,7-8,12,14,18-19,27-29H,4,6,9H2,1-3H3,(H2,22,24,25,26). The van der Waals surface area contributed by atoms with Crippen molar-refractivity contribution in [2.45, 2.75) is 44.9 Å². The van der Waals surface area contributed by atoms with Gasteiger partial charge in [-0.3, -0.25) is 4.98 Å². The summed E-state index contributed by atoms with van der Waals surface area (Å²) in [5.74, 6) is 1.12. The van der Waals surface area contributed by atoms with Crippen LogP contribution in [0.4, 0.5) is 11.8 Å². The third kappa shape index (κ3) is 3.60. The molecule has 4 atom stereocenters. The first-order valence-electron chi connectivity index (χ1n) is 10.1. The van der Waals surface area contributed by atoms with Crippen molar-refractivity contribution in [2.75, 3.05) is 24.3 Å². The molecule has 1 saturated carbocycles. The zero-order valence-electron chi connectivity index (χ0n) is 17.3. The molecular weight excluding hydrogens is 386 g/mol. The maximum atomic E-state index is 10.4. The van der Waals surface area contributed by atoms with Gasteiger partial charge in [-0.2, -0.15) is 4.98 Å². The Kier molecular flexibility index (Phi) is 5.59. The number of hydrogen-bond donors (Lipinski definition) is 5. The average Bonchev–Trinajstić information content (AvgIpc) is 3.28. The molecule has 9 heteroatoms. The molecule has 9 nitrogen and oxygen atoms in total. The maximum absolute atomic E-state index is 10.4. The number of aryl methyl sites for hydroxylation is 2. The molecule has 1 aliphatic rings. The Balaban J connectivity index is 1.76. The first-order valence-corrected chi connectivity index (χ1v) is 10.1. The van der Waals surface area contributed by atoms with Gasteiger partial charge in [0, 0.05) is 30.7 Å². The van der Waals surface area contributed by atoms with Gasteiger partial charge < -0.3 is 30.4 Å².